The molecule has 0 unspecified atom stereocenters. The maximum absolute atomic E-state index is 12.9. The van der Waals surface area contributed by atoms with Gasteiger partial charge in [0, 0.05) is 18.5 Å². The van der Waals surface area contributed by atoms with E-state index >= 15 is 0 Å². The van der Waals surface area contributed by atoms with Gasteiger partial charge in [-0.1, -0.05) is 18.6 Å². The summed E-state index contributed by atoms with van der Waals surface area (Å²) in [5.41, 5.74) is 0.463. The van der Waals surface area contributed by atoms with Crippen molar-refractivity contribution in [3.63, 3.8) is 0 Å². The van der Waals surface area contributed by atoms with Gasteiger partial charge >= 0.3 is 5.97 Å². The molecular weight excluding hydrogens is 422 g/mol. The predicted octanol–water partition coefficient (Wildman–Crippen LogP) is 3.03. The fraction of sp³-hybridized carbons (Fsp3) is 0.538. The Hall–Kier alpha value is -2.96. The van der Waals surface area contributed by atoms with Gasteiger partial charge in [0.1, 0.15) is 5.75 Å². The van der Waals surface area contributed by atoms with E-state index < -0.39 is 5.97 Å². The quantitative estimate of drug-likeness (QED) is 0.179. The second kappa shape index (κ2) is 8.76. The van der Waals surface area contributed by atoms with E-state index in [1.807, 2.05) is 0 Å². The molecule has 0 aromatic heterocycles. The summed E-state index contributed by atoms with van der Waals surface area (Å²) in [4.78, 5) is 51.4. The summed E-state index contributed by atoms with van der Waals surface area (Å²) in [6, 6.07) is 6.64. The van der Waals surface area contributed by atoms with Gasteiger partial charge in [-0.3, -0.25) is 24.1 Å². The topological polar surface area (TPSA) is 90.0 Å². The molecule has 2 saturated carbocycles. The van der Waals surface area contributed by atoms with Crippen molar-refractivity contribution < 1.29 is 28.7 Å². The van der Waals surface area contributed by atoms with E-state index in [9.17, 15) is 19.2 Å². The number of nitrogens with zero attached hydrogens (tertiary/aromatic N) is 1. The molecule has 1 aromatic rings. The second-order valence-electron chi connectivity index (χ2n) is 9.61. The summed E-state index contributed by atoms with van der Waals surface area (Å²) < 4.78 is 10.2. The van der Waals surface area contributed by atoms with Gasteiger partial charge in [-0.25, -0.2) is 0 Å². The molecular formula is C26H29NO6. The number of methoxy groups -OCH3 is 1. The van der Waals surface area contributed by atoms with Crippen LogP contribution in [0.4, 0.5) is 0 Å². The normalized spacial score (nSPS) is 30.8. The number of esters is 1. The van der Waals surface area contributed by atoms with Crippen LogP contribution < -0.4 is 4.74 Å². The first-order chi connectivity index (χ1) is 16.0. The fourth-order valence-electron chi connectivity index (χ4n) is 6.03. The minimum absolute atomic E-state index is 0.00570. The highest BCUT2D eigenvalue weighted by atomic mass is 16.5. The average Bonchev–Trinajstić information content (AvgIpc) is 3.62. The van der Waals surface area contributed by atoms with Crippen molar-refractivity contribution in [1.29, 1.82) is 0 Å². The fourth-order valence-corrected chi connectivity index (χ4v) is 6.03. The number of imide groups is 1. The predicted molar refractivity (Wildman–Crippen MR) is 118 cm³/mol. The van der Waals surface area contributed by atoms with Crippen LogP contribution in [0.2, 0.25) is 0 Å². The molecule has 0 radical (unpaired) electrons. The average molecular weight is 452 g/mol. The van der Waals surface area contributed by atoms with Crippen molar-refractivity contribution in [3.8, 4) is 5.75 Å². The maximum atomic E-state index is 12.9. The SMILES string of the molecule is COc1ccc(C(=O)COC(=O)CCCCCN2C(=O)[C@@H]3[C@@H]4C=C[C@H]([C@H]5C[C@H]45)[C@@H]3C2=O)cc1. The van der Waals surface area contributed by atoms with Crippen LogP contribution in [0, 0.1) is 35.5 Å². The second-order valence-corrected chi connectivity index (χ2v) is 9.61. The molecule has 0 N–H and O–H groups in total. The number of likely N-dealkylation sites (tertiary alicyclic amines) is 1. The molecule has 1 saturated heterocycles. The largest absolute Gasteiger partial charge is 0.497 e. The highest BCUT2D eigenvalue weighted by molar-refractivity contribution is 6.06. The summed E-state index contributed by atoms with van der Waals surface area (Å²) in [5, 5.41) is 0. The van der Waals surface area contributed by atoms with E-state index in [1.165, 1.54) is 4.90 Å². The zero-order chi connectivity index (χ0) is 23.1. The number of unbranched alkanes of at least 4 members (excludes halogenated alkanes) is 2. The van der Waals surface area contributed by atoms with Crippen LogP contribution in [0.5, 0.6) is 5.75 Å². The monoisotopic (exact) mass is 451 g/mol. The van der Waals surface area contributed by atoms with Gasteiger partial charge < -0.3 is 9.47 Å². The Labute approximate surface area is 193 Å². The summed E-state index contributed by atoms with van der Waals surface area (Å²) in [5.74, 6) is 1.42. The Morgan fingerprint density at radius 3 is 2.18 bits per heavy atom. The van der Waals surface area contributed by atoms with E-state index in [0.29, 0.717) is 49.0 Å². The van der Waals surface area contributed by atoms with E-state index in [1.54, 1.807) is 31.4 Å². The number of benzene rings is 1. The first-order valence-corrected chi connectivity index (χ1v) is 11.9. The van der Waals surface area contributed by atoms with E-state index in [-0.39, 0.29) is 54.3 Å². The highest BCUT2D eigenvalue weighted by Gasteiger charge is 2.66. The van der Waals surface area contributed by atoms with E-state index in [4.69, 9.17) is 9.47 Å². The van der Waals surface area contributed by atoms with Crippen LogP contribution >= 0.6 is 0 Å². The van der Waals surface area contributed by atoms with Crippen molar-refractivity contribution in [3.05, 3.63) is 42.0 Å². The lowest BCUT2D eigenvalue weighted by molar-refractivity contribution is -0.143. The Bertz CT molecular complexity index is 963. The number of amides is 2. The molecule has 2 amide bonds. The first-order valence-electron chi connectivity index (χ1n) is 11.9. The molecule has 3 fully saturated rings. The van der Waals surface area contributed by atoms with E-state index in [2.05, 4.69) is 12.2 Å². The number of carbonyl (C=O) groups is 4. The number of allylic oxidation sites excluding steroid dienone is 2. The van der Waals surface area contributed by atoms with Gasteiger partial charge in [-0.15, -0.1) is 0 Å². The van der Waals surface area contributed by atoms with Crippen LogP contribution in [0.25, 0.3) is 0 Å². The van der Waals surface area contributed by atoms with Gasteiger partial charge in [-0.2, -0.15) is 0 Å². The lowest BCUT2D eigenvalue weighted by Gasteiger charge is -2.37. The summed E-state index contributed by atoms with van der Waals surface area (Å²) in [6.45, 7) is 0.132. The maximum Gasteiger partial charge on any atom is 0.306 e. The van der Waals surface area contributed by atoms with Crippen LogP contribution in [0.3, 0.4) is 0 Å². The Kier molecular flexibility index (Phi) is 5.81. The number of ether oxygens (including phenoxy) is 2. The molecule has 174 valence electrons. The summed E-state index contributed by atoms with van der Waals surface area (Å²) >= 11 is 0. The zero-order valence-electron chi connectivity index (χ0n) is 18.8. The number of carbonyl (C=O) groups excluding carboxylic acids is 4. The molecule has 4 aliphatic carbocycles. The molecule has 0 spiro atoms. The smallest absolute Gasteiger partial charge is 0.306 e. The molecule has 1 aliphatic heterocycles. The third kappa shape index (κ3) is 3.98. The van der Waals surface area contributed by atoms with Crippen LogP contribution in [0.1, 0.15) is 42.5 Å². The molecule has 6 rings (SSSR count). The molecule has 5 aliphatic rings. The zero-order valence-corrected chi connectivity index (χ0v) is 18.8. The number of hydrogen-bond acceptors (Lipinski definition) is 6. The van der Waals surface area contributed by atoms with Crippen LogP contribution in [-0.2, 0) is 19.1 Å². The lowest BCUT2D eigenvalue weighted by Crippen LogP contribution is -2.40. The van der Waals surface area contributed by atoms with Gasteiger partial charge in [0.2, 0.25) is 11.8 Å². The summed E-state index contributed by atoms with van der Waals surface area (Å²) in [6.07, 6.45) is 7.71. The number of hydrogen-bond donors (Lipinski definition) is 0. The molecule has 33 heavy (non-hydrogen) atoms. The Morgan fingerprint density at radius 2 is 1.58 bits per heavy atom. The lowest BCUT2D eigenvalue weighted by atomic mass is 9.63. The molecule has 1 aromatic carbocycles. The molecule has 2 bridgehead atoms. The molecule has 7 nitrogen and oxygen atoms in total. The number of Topliss-reactive ketones (excluding diaryl/α,β-unsaturated/α-hetero) is 1. The number of rotatable bonds is 10. The molecule has 7 heteroatoms. The van der Waals surface area contributed by atoms with Gasteiger partial charge in [0.25, 0.3) is 0 Å². The molecule has 1 heterocycles. The standard InChI is InChI=1S/C26H29NO6/c1-32-16-8-6-15(7-9-16)21(28)14-33-22(29)5-3-2-4-12-27-25(30)23-17-10-11-18(20-13-19(17)20)24(23)26(27)31/h6-11,17-20,23-24H,2-5,12-14H2,1H3/t17-,18-,19-,20-,23-,24+/m1/s1. The van der Waals surface area contributed by atoms with Crippen molar-refractivity contribution in [2.75, 3.05) is 20.3 Å². The van der Waals surface area contributed by atoms with Crippen LogP contribution in [0.15, 0.2) is 36.4 Å². The Morgan fingerprint density at radius 1 is 0.939 bits per heavy atom. The van der Waals surface area contributed by atoms with Gasteiger partial charge in [-0.05, 0) is 67.2 Å². The first kappa shape index (κ1) is 21.9. The van der Waals surface area contributed by atoms with Gasteiger partial charge in [0.15, 0.2) is 12.4 Å². The van der Waals surface area contributed by atoms with Crippen molar-refractivity contribution in [2.45, 2.75) is 32.1 Å². The van der Waals surface area contributed by atoms with E-state index in [0.717, 1.165) is 6.42 Å². The minimum atomic E-state index is -0.418. The Balaban J connectivity index is 1.01. The van der Waals surface area contributed by atoms with Crippen molar-refractivity contribution in [2.24, 2.45) is 35.5 Å². The van der Waals surface area contributed by atoms with Crippen LogP contribution in [-0.4, -0.2) is 48.7 Å². The third-order valence-corrected chi connectivity index (χ3v) is 7.79. The minimum Gasteiger partial charge on any atom is -0.497 e. The van der Waals surface area contributed by atoms with Gasteiger partial charge in [0.05, 0.1) is 18.9 Å². The number of ketones is 1. The third-order valence-electron chi connectivity index (χ3n) is 7.79. The molecule has 6 atom stereocenters. The summed E-state index contributed by atoms with van der Waals surface area (Å²) in [7, 11) is 1.55. The highest BCUT2D eigenvalue weighted by Crippen LogP contribution is 2.65. The van der Waals surface area contributed by atoms with Crippen molar-refractivity contribution >= 4 is 23.6 Å². The van der Waals surface area contributed by atoms with Crippen molar-refractivity contribution in [1.82, 2.24) is 4.90 Å².